The van der Waals surface area contributed by atoms with Crippen molar-refractivity contribution in [3.05, 3.63) is 64.7 Å². The van der Waals surface area contributed by atoms with Crippen LogP contribution in [0.3, 0.4) is 0 Å². The molecule has 0 aliphatic rings. The van der Waals surface area contributed by atoms with Crippen LogP contribution < -0.4 is 9.62 Å². The Morgan fingerprint density at radius 2 is 1.71 bits per heavy atom. The number of amides is 2. The van der Waals surface area contributed by atoms with Crippen molar-refractivity contribution in [3.8, 4) is 0 Å². The van der Waals surface area contributed by atoms with Gasteiger partial charge in [0, 0.05) is 26.1 Å². The molecule has 0 fully saturated rings. The molecule has 34 heavy (non-hydrogen) atoms. The van der Waals surface area contributed by atoms with Gasteiger partial charge in [0.1, 0.15) is 6.04 Å². The maximum Gasteiger partial charge on any atom is 0.242 e. The average Bonchev–Trinajstić information content (AvgIpc) is 2.76. The van der Waals surface area contributed by atoms with Crippen LogP contribution in [0.2, 0.25) is 0 Å². The summed E-state index contributed by atoms with van der Waals surface area (Å²) in [7, 11) is -3.52. The first kappa shape index (κ1) is 27.4. The van der Waals surface area contributed by atoms with Crippen LogP contribution in [0.1, 0.15) is 48.9 Å². The second-order valence-corrected chi connectivity index (χ2v) is 10.7. The topological polar surface area (TPSA) is 86.8 Å². The van der Waals surface area contributed by atoms with Gasteiger partial charge < -0.3 is 10.2 Å². The molecule has 0 saturated carbocycles. The maximum absolute atomic E-state index is 13.3. The molecule has 0 bridgehead atoms. The molecule has 2 amide bonds. The number of anilines is 1. The van der Waals surface area contributed by atoms with E-state index in [1.54, 1.807) is 11.8 Å². The van der Waals surface area contributed by atoms with Crippen molar-refractivity contribution in [2.45, 2.75) is 60.0 Å². The highest BCUT2D eigenvalue weighted by atomic mass is 32.2. The Balaban J connectivity index is 2.20. The predicted molar refractivity (Wildman–Crippen MR) is 137 cm³/mol. The summed E-state index contributed by atoms with van der Waals surface area (Å²) in [6.07, 6.45) is 1.65. The summed E-state index contributed by atoms with van der Waals surface area (Å²) in [5, 5.41) is 2.79. The molecule has 0 spiro atoms. The van der Waals surface area contributed by atoms with Gasteiger partial charge in [0.25, 0.3) is 0 Å². The standard InChI is InChI=1S/C26H37N3O4S/c1-7-27-26(31)22(5)28(18-23-12-9-8-11-20(23)3)25(30)13-10-16-29(34(6,32)33)24-17-19(2)14-15-21(24)4/h8-9,11-12,14-15,17,22H,7,10,13,16,18H2,1-6H3,(H,27,31)/t22-/m1/s1. The van der Waals surface area contributed by atoms with Gasteiger partial charge in [-0.15, -0.1) is 0 Å². The molecular weight excluding hydrogens is 450 g/mol. The lowest BCUT2D eigenvalue weighted by molar-refractivity contribution is -0.140. The number of likely N-dealkylation sites (N-methyl/N-ethyl adjacent to an activating group) is 1. The molecule has 0 aliphatic heterocycles. The number of carbonyl (C=O) groups is 2. The van der Waals surface area contributed by atoms with Crippen LogP contribution in [0.4, 0.5) is 5.69 Å². The third-order valence-electron chi connectivity index (χ3n) is 5.91. The molecule has 0 aromatic heterocycles. The Kier molecular flexibility index (Phi) is 9.67. The first-order valence-corrected chi connectivity index (χ1v) is 13.5. The van der Waals surface area contributed by atoms with Gasteiger partial charge in [0.2, 0.25) is 21.8 Å². The quantitative estimate of drug-likeness (QED) is 0.523. The molecule has 2 aromatic rings. The van der Waals surface area contributed by atoms with Gasteiger partial charge in [0.05, 0.1) is 11.9 Å². The van der Waals surface area contributed by atoms with Crippen molar-refractivity contribution >= 4 is 27.5 Å². The third kappa shape index (κ3) is 7.32. The molecule has 1 atom stereocenters. The summed E-state index contributed by atoms with van der Waals surface area (Å²) in [6, 6.07) is 12.8. The van der Waals surface area contributed by atoms with Crippen molar-refractivity contribution in [1.82, 2.24) is 10.2 Å². The van der Waals surface area contributed by atoms with E-state index < -0.39 is 16.1 Å². The van der Waals surface area contributed by atoms with Crippen molar-refractivity contribution in [2.24, 2.45) is 0 Å². The van der Waals surface area contributed by atoms with Crippen LogP contribution in [0.5, 0.6) is 0 Å². The summed E-state index contributed by atoms with van der Waals surface area (Å²) in [5.74, 6) is -0.394. The fourth-order valence-electron chi connectivity index (χ4n) is 3.85. The van der Waals surface area contributed by atoms with E-state index >= 15 is 0 Å². The number of hydrogen-bond donors (Lipinski definition) is 1. The first-order chi connectivity index (χ1) is 16.0. The highest BCUT2D eigenvalue weighted by Crippen LogP contribution is 2.25. The third-order valence-corrected chi connectivity index (χ3v) is 7.09. The van der Waals surface area contributed by atoms with Gasteiger partial charge in [-0.1, -0.05) is 36.4 Å². The SMILES string of the molecule is CCNC(=O)[C@@H](C)N(Cc1ccccc1C)C(=O)CCCN(c1cc(C)ccc1C)S(C)(=O)=O. The molecule has 186 valence electrons. The van der Waals surface area contributed by atoms with Gasteiger partial charge in [0.15, 0.2) is 0 Å². The van der Waals surface area contributed by atoms with Crippen LogP contribution >= 0.6 is 0 Å². The van der Waals surface area contributed by atoms with Crippen LogP contribution in [0.15, 0.2) is 42.5 Å². The number of benzene rings is 2. The largest absolute Gasteiger partial charge is 0.355 e. The number of hydrogen-bond acceptors (Lipinski definition) is 4. The monoisotopic (exact) mass is 487 g/mol. The van der Waals surface area contributed by atoms with Crippen LogP contribution in [0.25, 0.3) is 0 Å². The minimum Gasteiger partial charge on any atom is -0.355 e. The summed E-state index contributed by atoms with van der Waals surface area (Å²) < 4.78 is 26.4. The van der Waals surface area contributed by atoms with E-state index in [1.807, 2.05) is 70.2 Å². The zero-order valence-corrected chi connectivity index (χ0v) is 21.9. The molecule has 1 N–H and O–H groups in total. The normalized spacial score (nSPS) is 12.2. The molecule has 0 unspecified atom stereocenters. The predicted octanol–water partition coefficient (Wildman–Crippen LogP) is 3.71. The van der Waals surface area contributed by atoms with E-state index in [2.05, 4.69) is 5.32 Å². The number of sulfonamides is 1. The van der Waals surface area contributed by atoms with Crippen LogP contribution in [-0.2, 0) is 26.2 Å². The minimum absolute atomic E-state index is 0.131. The fourth-order valence-corrected chi connectivity index (χ4v) is 4.86. The number of nitrogens with zero attached hydrogens (tertiary/aromatic N) is 2. The Morgan fingerprint density at radius 1 is 1.03 bits per heavy atom. The lowest BCUT2D eigenvalue weighted by Gasteiger charge is -2.30. The second kappa shape index (κ2) is 12.0. The van der Waals surface area contributed by atoms with E-state index in [0.717, 1.165) is 22.3 Å². The number of carbonyl (C=O) groups excluding carboxylic acids is 2. The molecule has 0 radical (unpaired) electrons. The second-order valence-electron chi connectivity index (χ2n) is 8.75. The Labute approximate surface area is 204 Å². The number of nitrogens with one attached hydrogen (secondary N) is 1. The minimum atomic E-state index is -3.52. The van der Waals surface area contributed by atoms with Crippen molar-refractivity contribution in [2.75, 3.05) is 23.7 Å². The van der Waals surface area contributed by atoms with Crippen LogP contribution in [0, 0.1) is 20.8 Å². The van der Waals surface area contributed by atoms with Gasteiger partial charge in [-0.3, -0.25) is 13.9 Å². The summed E-state index contributed by atoms with van der Waals surface area (Å²) in [4.78, 5) is 27.4. The van der Waals surface area contributed by atoms with Crippen molar-refractivity contribution in [3.63, 3.8) is 0 Å². The molecule has 0 heterocycles. The Morgan fingerprint density at radius 3 is 2.32 bits per heavy atom. The van der Waals surface area contributed by atoms with Gasteiger partial charge in [-0.25, -0.2) is 8.42 Å². The van der Waals surface area contributed by atoms with Gasteiger partial charge in [-0.2, -0.15) is 0 Å². The fraction of sp³-hybridized carbons (Fsp3) is 0.462. The molecule has 7 nitrogen and oxygen atoms in total. The zero-order chi connectivity index (χ0) is 25.5. The molecule has 0 aliphatic carbocycles. The van der Waals surface area contributed by atoms with E-state index in [9.17, 15) is 18.0 Å². The number of aryl methyl sites for hydroxylation is 3. The Bertz CT molecular complexity index is 1110. The van der Waals surface area contributed by atoms with Crippen LogP contribution in [-0.4, -0.2) is 50.5 Å². The smallest absolute Gasteiger partial charge is 0.242 e. The van der Waals surface area contributed by atoms with Gasteiger partial charge in [-0.05, 0) is 69.4 Å². The Hall–Kier alpha value is -2.87. The molecular formula is C26H37N3O4S. The molecule has 2 rings (SSSR count). The summed E-state index contributed by atoms with van der Waals surface area (Å²) in [5.41, 5.74) is 4.46. The van der Waals surface area contributed by atoms with E-state index in [1.165, 1.54) is 10.6 Å². The lowest BCUT2D eigenvalue weighted by atomic mass is 10.1. The average molecular weight is 488 g/mol. The highest BCUT2D eigenvalue weighted by molar-refractivity contribution is 7.92. The highest BCUT2D eigenvalue weighted by Gasteiger charge is 2.27. The molecule has 0 saturated heterocycles. The number of rotatable bonds is 11. The van der Waals surface area contributed by atoms with Crippen molar-refractivity contribution in [1.29, 1.82) is 0 Å². The summed E-state index contributed by atoms with van der Waals surface area (Å²) in [6.45, 7) is 10.3. The molecule has 2 aromatic carbocycles. The summed E-state index contributed by atoms with van der Waals surface area (Å²) >= 11 is 0. The zero-order valence-electron chi connectivity index (χ0n) is 21.1. The van der Waals surface area contributed by atoms with Crippen molar-refractivity contribution < 1.29 is 18.0 Å². The van der Waals surface area contributed by atoms with E-state index in [4.69, 9.17) is 0 Å². The molecule has 8 heteroatoms. The lowest BCUT2D eigenvalue weighted by Crippen LogP contribution is -2.47. The van der Waals surface area contributed by atoms with E-state index in [0.29, 0.717) is 25.2 Å². The van der Waals surface area contributed by atoms with E-state index in [-0.39, 0.29) is 24.8 Å². The maximum atomic E-state index is 13.3. The van der Waals surface area contributed by atoms with Gasteiger partial charge >= 0.3 is 0 Å². The first-order valence-electron chi connectivity index (χ1n) is 11.6.